The van der Waals surface area contributed by atoms with Crippen molar-refractivity contribution in [3.8, 4) is 5.75 Å². The number of ether oxygens (including phenoxy) is 1. The molecule has 2 aromatic rings. The van der Waals surface area contributed by atoms with E-state index in [4.69, 9.17) is 16.3 Å². The second-order valence-corrected chi connectivity index (χ2v) is 6.34. The normalized spacial score (nSPS) is 13.2. The molecule has 0 aliphatic heterocycles. The van der Waals surface area contributed by atoms with Crippen LogP contribution in [0.25, 0.3) is 0 Å². The number of likely N-dealkylation sites (N-methyl/N-ethyl adjacent to an activating group) is 1. The van der Waals surface area contributed by atoms with Gasteiger partial charge in [0.2, 0.25) is 0 Å². The molecule has 0 aliphatic rings. The molecule has 1 amide bonds. The topological polar surface area (TPSA) is 42.8 Å². The Kier molecular flexibility index (Phi) is 6.79. The van der Waals surface area contributed by atoms with Crippen LogP contribution in [0.2, 0.25) is 5.02 Å². The van der Waals surface area contributed by atoms with Crippen LogP contribution in [0, 0.1) is 5.82 Å². The molecular weight excluding hydrogens is 343 g/mol. The van der Waals surface area contributed by atoms with Gasteiger partial charge in [0.15, 0.2) is 6.04 Å². The summed E-state index contributed by atoms with van der Waals surface area (Å²) in [5.41, 5.74) is 1.52. The molecule has 6 heteroatoms. The van der Waals surface area contributed by atoms with E-state index in [0.717, 1.165) is 16.2 Å². The van der Waals surface area contributed by atoms with Crippen molar-refractivity contribution in [3.63, 3.8) is 0 Å². The molecule has 0 saturated carbocycles. The molecule has 4 nitrogen and oxygen atoms in total. The first-order valence-electron chi connectivity index (χ1n) is 8.20. The van der Waals surface area contributed by atoms with Gasteiger partial charge in [0.05, 0.1) is 24.4 Å². The zero-order valence-electron chi connectivity index (χ0n) is 14.6. The van der Waals surface area contributed by atoms with E-state index in [1.165, 1.54) is 18.2 Å². The summed E-state index contributed by atoms with van der Waals surface area (Å²) < 4.78 is 18.5. The van der Waals surface area contributed by atoms with Gasteiger partial charge in [-0.2, -0.15) is 0 Å². The van der Waals surface area contributed by atoms with Crippen LogP contribution in [0.4, 0.5) is 10.1 Å². The molecule has 2 aromatic carbocycles. The van der Waals surface area contributed by atoms with Gasteiger partial charge < -0.3 is 15.0 Å². The minimum atomic E-state index is -0.436. The predicted molar refractivity (Wildman–Crippen MR) is 97.7 cm³/mol. The van der Waals surface area contributed by atoms with E-state index >= 15 is 0 Å². The van der Waals surface area contributed by atoms with Gasteiger partial charge in [-0.25, -0.2) is 4.39 Å². The van der Waals surface area contributed by atoms with Crippen LogP contribution in [0.5, 0.6) is 5.75 Å². The minimum absolute atomic E-state index is 0.169. The first-order chi connectivity index (χ1) is 11.9. The second-order valence-electron chi connectivity index (χ2n) is 5.94. The van der Waals surface area contributed by atoms with Gasteiger partial charge in [-0.3, -0.25) is 4.79 Å². The van der Waals surface area contributed by atoms with Crippen molar-refractivity contribution in [1.82, 2.24) is 0 Å². The zero-order valence-corrected chi connectivity index (χ0v) is 15.4. The fraction of sp³-hybridized carbons (Fsp3) is 0.316. The number of carbonyl (C=O) groups is 1. The number of carbonyl (C=O) groups excluding carboxylic acids is 1. The lowest BCUT2D eigenvalue weighted by molar-refractivity contribution is -0.907. The maximum atomic E-state index is 13.1. The molecule has 0 aliphatic carbocycles. The number of benzene rings is 2. The third-order valence-corrected chi connectivity index (χ3v) is 4.35. The van der Waals surface area contributed by atoms with Crippen molar-refractivity contribution in [3.05, 3.63) is 58.9 Å². The van der Waals surface area contributed by atoms with E-state index in [1.54, 1.807) is 0 Å². The number of halogens is 2. The first kappa shape index (κ1) is 19.2. The number of anilines is 1. The van der Waals surface area contributed by atoms with Crippen LogP contribution in [0.15, 0.2) is 42.5 Å². The number of amides is 1. The zero-order chi connectivity index (χ0) is 18.4. The van der Waals surface area contributed by atoms with Crippen molar-refractivity contribution >= 4 is 23.2 Å². The average Bonchev–Trinajstić information content (AvgIpc) is 2.58. The molecule has 0 aromatic heterocycles. The molecule has 2 rings (SSSR count). The lowest BCUT2D eigenvalue weighted by Crippen LogP contribution is -3.12. The van der Waals surface area contributed by atoms with Crippen LogP contribution in [0.3, 0.4) is 0 Å². The predicted octanol–water partition coefficient (Wildman–Crippen LogP) is 2.92. The lowest BCUT2D eigenvalue weighted by Gasteiger charge is -2.21. The Morgan fingerprint density at radius 3 is 2.56 bits per heavy atom. The summed E-state index contributed by atoms with van der Waals surface area (Å²) in [5, 5.41) is 2.94. The highest BCUT2D eigenvalue weighted by Gasteiger charge is 2.22. The highest BCUT2D eigenvalue weighted by Crippen LogP contribution is 2.22. The number of nitrogens with one attached hydrogen (secondary N) is 2. The summed E-state index contributed by atoms with van der Waals surface area (Å²) in [4.78, 5) is 13.4. The summed E-state index contributed by atoms with van der Waals surface area (Å²) in [6.07, 6.45) is 0. The van der Waals surface area contributed by atoms with Gasteiger partial charge in [-0.05, 0) is 56.3 Å². The summed E-state index contributed by atoms with van der Waals surface area (Å²) in [5.74, 6) is 0.229. The van der Waals surface area contributed by atoms with Crippen LogP contribution in [-0.2, 0) is 11.3 Å². The summed E-state index contributed by atoms with van der Waals surface area (Å²) in [6.45, 7) is 5.11. The number of quaternary nitrogens is 1. The number of rotatable bonds is 7. The third kappa shape index (κ3) is 5.44. The Labute approximate surface area is 152 Å². The van der Waals surface area contributed by atoms with Crippen molar-refractivity contribution in [2.75, 3.05) is 19.0 Å². The molecule has 2 atom stereocenters. The third-order valence-electron chi connectivity index (χ3n) is 4.04. The molecule has 1 unspecified atom stereocenters. The fourth-order valence-corrected chi connectivity index (χ4v) is 2.62. The molecule has 134 valence electrons. The van der Waals surface area contributed by atoms with E-state index in [1.807, 2.05) is 45.2 Å². The van der Waals surface area contributed by atoms with Crippen molar-refractivity contribution in [1.29, 1.82) is 0 Å². The number of hydrogen-bond donors (Lipinski definition) is 2. The lowest BCUT2D eigenvalue weighted by atomic mass is 10.1. The first-order valence-corrected chi connectivity index (χ1v) is 8.58. The molecule has 0 fully saturated rings. The standard InChI is InChI=1S/C19H22ClFN2O2/c1-4-25-16-8-5-14(6-9-16)12-23(3)13(2)19(24)22-18-10-7-15(21)11-17(18)20/h5-11,13H,4,12H2,1-3H3,(H,22,24)/p+1/t13-/m0/s1. The largest absolute Gasteiger partial charge is 0.494 e. The average molecular weight is 366 g/mol. The quantitative estimate of drug-likeness (QED) is 0.792. The second kappa shape index (κ2) is 8.83. The molecule has 0 bridgehead atoms. The van der Waals surface area contributed by atoms with E-state index in [0.29, 0.717) is 18.8 Å². The molecule has 2 N–H and O–H groups in total. The number of hydrogen-bond acceptors (Lipinski definition) is 2. The molecule has 0 spiro atoms. The monoisotopic (exact) mass is 365 g/mol. The SMILES string of the molecule is CCOc1ccc(C[NH+](C)[C@@H](C)C(=O)Nc2ccc(F)cc2Cl)cc1. The summed E-state index contributed by atoms with van der Waals surface area (Å²) in [6, 6.07) is 11.5. The van der Waals surface area contributed by atoms with Crippen LogP contribution in [0.1, 0.15) is 19.4 Å². The maximum Gasteiger partial charge on any atom is 0.282 e. The van der Waals surface area contributed by atoms with Gasteiger partial charge in [-0.15, -0.1) is 0 Å². The van der Waals surface area contributed by atoms with Gasteiger partial charge >= 0.3 is 0 Å². The van der Waals surface area contributed by atoms with Crippen LogP contribution < -0.4 is 15.0 Å². The Morgan fingerprint density at radius 1 is 1.28 bits per heavy atom. The van der Waals surface area contributed by atoms with Crippen molar-refractivity contribution in [2.45, 2.75) is 26.4 Å². The van der Waals surface area contributed by atoms with Gasteiger partial charge in [-0.1, -0.05) is 11.6 Å². The molecular formula is C19H23ClFN2O2+. The Morgan fingerprint density at radius 2 is 1.96 bits per heavy atom. The fourth-order valence-electron chi connectivity index (χ4n) is 2.40. The van der Waals surface area contributed by atoms with E-state index in [9.17, 15) is 9.18 Å². The van der Waals surface area contributed by atoms with Crippen molar-refractivity contribution < 1.29 is 18.8 Å². The molecule has 0 saturated heterocycles. The molecule has 0 radical (unpaired) electrons. The Balaban J connectivity index is 1.96. The van der Waals surface area contributed by atoms with Gasteiger partial charge in [0.1, 0.15) is 18.1 Å². The van der Waals surface area contributed by atoms with Crippen LogP contribution in [-0.4, -0.2) is 25.6 Å². The highest BCUT2D eigenvalue weighted by molar-refractivity contribution is 6.33. The smallest absolute Gasteiger partial charge is 0.282 e. The summed E-state index contributed by atoms with van der Waals surface area (Å²) in [7, 11) is 1.95. The Hall–Kier alpha value is -2.11. The van der Waals surface area contributed by atoms with Gasteiger partial charge in [0.25, 0.3) is 5.91 Å². The van der Waals surface area contributed by atoms with E-state index in [-0.39, 0.29) is 17.0 Å². The minimum Gasteiger partial charge on any atom is -0.494 e. The van der Waals surface area contributed by atoms with Crippen LogP contribution >= 0.6 is 11.6 Å². The van der Waals surface area contributed by atoms with Crippen molar-refractivity contribution in [2.24, 2.45) is 0 Å². The highest BCUT2D eigenvalue weighted by atomic mass is 35.5. The van der Waals surface area contributed by atoms with E-state index in [2.05, 4.69) is 5.32 Å². The molecule has 25 heavy (non-hydrogen) atoms. The Bertz CT molecular complexity index is 722. The van der Waals surface area contributed by atoms with E-state index < -0.39 is 5.82 Å². The van der Waals surface area contributed by atoms with Gasteiger partial charge in [0, 0.05) is 5.56 Å². The summed E-state index contributed by atoms with van der Waals surface area (Å²) >= 11 is 5.95. The maximum absolute atomic E-state index is 13.1. The molecule has 0 heterocycles.